The van der Waals surface area contributed by atoms with Gasteiger partial charge in [-0.1, -0.05) is 6.07 Å². The summed E-state index contributed by atoms with van der Waals surface area (Å²) in [4.78, 5) is 10.1. The van der Waals surface area contributed by atoms with Gasteiger partial charge < -0.3 is 5.11 Å². The van der Waals surface area contributed by atoms with Crippen molar-refractivity contribution in [2.75, 3.05) is 0 Å². The molecule has 1 aromatic carbocycles. The summed E-state index contributed by atoms with van der Waals surface area (Å²) in [5.74, 6) is -8.91. The van der Waals surface area contributed by atoms with Gasteiger partial charge in [-0.15, -0.1) is 0 Å². The van der Waals surface area contributed by atoms with Gasteiger partial charge in [0.05, 0.1) is 6.42 Å². The van der Waals surface area contributed by atoms with Crippen LogP contribution in [0.2, 0.25) is 0 Å². The number of carboxylic acids is 1. The van der Waals surface area contributed by atoms with E-state index in [1.165, 1.54) is 6.92 Å². The molecular weight excluding hydrogens is 228 g/mol. The monoisotopic (exact) mass is 236 g/mol. The first kappa shape index (κ1) is 12.5. The molecule has 0 aliphatic rings. The van der Waals surface area contributed by atoms with E-state index in [-0.39, 0.29) is 5.56 Å². The van der Waals surface area contributed by atoms with E-state index in [0.29, 0.717) is 0 Å². The Balaban J connectivity index is 3.15. The molecule has 0 saturated carbocycles. The van der Waals surface area contributed by atoms with E-state index in [4.69, 9.17) is 5.11 Å². The van der Waals surface area contributed by atoms with Gasteiger partial charge in [0, 0.05) is 5.56 Å². The van der Waals surface area contributed by atoms with Gasteiger partial charge in [0.15, 0.2) is 0 Å². The number of aliphatic carboxylic acids is 1. The zero-order valence-electron chi connectivity index (χ0n) is 8.23. The first-order valence-electron chi connectivity index (χ1n) is 4.30. The number of halogens is 4. The minimum atomic E-state index is -4.19. The molecule has 0 aliphatic carbocycles. The largest absolute Gasteiger partial charge is 0.477 e. The van der Waals surface area contributed by atoms with Crippen molar-refractivity contribution in [3.05, 3.63) is 34.9 Å². The highest BCUT2D eigenvalue weighted by atomic mass is 19.3. The molecule has 0 spiro atoms. The predicted octanol–water partition coefficient (Wildman–Crippen LogP) is 2.54. The predicted molar refractivity (Wildman–Crippen MR) is 47.4 cm³/mol. The summed E-state index contributed by atoms with van der Waals surface area (Å²) in [6, 6.07) is 1.92. The van der Waals surface area contributed by atoms with Crippen LogP contribution in [0.15, 0.2) is 12.1 Å². The van der Waals surface area contributed by atoms with E-state index in [9.17, 15) is 22.4 Å². The molecule has 0 atom stereocenters. The third-order valence-electron chi connectivity index (χ3n) is 2.09. The minimum absolute atomic E-state index is 0.0161. The Kier molecular flexibility index (Phi) is 3.21. The lowest BCUT2D eigenvalue weighted by molar-refractivity contribution is -0.164. The summed E-state index contributed by atoms with van der Waals surface area (Å²) < 4.78 is 51.9. The van der Waals surface area contributed by atoms with E-state index in [1.807, 2.05) is 0 Å². The molecule has 0 aromatic heterocycles. The lowest BCUT2D eigenvalue weighted by Crippen LogP contribution is -2.31. The van der Waals surface area contributed by atoms with Crippen molar-refractivity contribution in [2.45, 2.75) is 19.3 Å². The molecule has 0 radical (unpaired) electrons. The fourth-order valence-corrected chi connectivity index (χ4v) is 1.17. The van der Waals surface area contributed by atoms with Crippen LogP contribution in [-0.4, -0.2) is 17.0 Å². The molecule has 0 unspecified atom stereocenters. The number of aryl methyl sites for hydroxylation is 1. The average Bonchev–Trinajstić information content (AvgIpc) is 2.18. The van der Waals surface area contributed by atoms with E-state index in [2.05, 4.69) is 0 Å². The molecule has 1 N–H and O–H groups in total. The normalized spacial score (nSPS) is 11.6. The van der Waals surface area contributed by atoms with Crippen molar-refractivity contribution in [1.82, 2.24) is 0 Å². The van der Waals surface area contributed by atoms with Crippen LogP contribution in [0.4, 0.5) is 17.6 Å². The fourth-order valence-electron chi connectivity index (χ4n) is 1.17. The van der Waals surface area contributed by atoms with E-state index in [0.717, 1.165) is 12.1 Å². The second kappa shape index (κ2) is 4.11. The number of carbonyl (C=O) groups is 1. The quantitative estimate of drug-likeness (QED) is 0.819. The highest BCUT2D eigenvalue weighted by Crippen LogP contribution is 2.25. The molecule has 88 valence electrons. The Morgan fingerprint density at radius 3 is 2.44 bits per heavy atom. The Morgan fingerprint density at radius 2 is 1.94 bits per heavy atom. The van der Waals surface area contributed by atoms with Crippen molar-refractivity contribution in [3.63, 3.8) is 0 Å². The van der Waals surface area contributed by atoms with Gasteiger partial charge in [-0.05, 0) is 18.6 Å². The first-order chi connectivity index (χ1) is 7.25. The SMILES string of the molecule is Cc1ccc(F)c(CC(F)(F)C(=O)O)c1F. The van der Waals surface area contributed by atoms with Crippen molar-refractivity contribution >= 4 is 5.97 Å². The number of hydrogen-bond donors (Lipinski definition) is 1. The Morgan fingerprint density at radius 1 is 1.38 bits per heavy atom. The molecule has 1 rings (SSSR count). The number of carboxylic acid groups (broad SMARTS) is 1. The lowest BCUT2D eigenvalue weighted by Gasteiger charge is -2.13. The third-order valence-corrected chi connectivity index (χ3v) is 2.09. The Labute approximate surface area is 88.5 Å². The van der Waals surface area contributed by atoms with Crippen molar-refractivity contribution in [2.24, 2.45) is 0 Å². The summed E-state index contributed by atoms with van der Waals surface area (Å²) >= 11 is 0. The van der Waals surface area contributed by atoms with E-state index < -0.39 is 35.5 Å². The summed E-state index contributed by atoms with van der Waals surface area (Å²) in [6.45, 7) is 1.27. The van der Waals surface area contributed by atoms with Crippen molar-refractivity contribution < 1.29 is 27.5 Å². The molecule has 0 heterocycles. The molecule has 0 aliphatic heterocycles. The van der Waals surface area contributed by atoms with Crippen LogP contribution in [0.5, 0.6) is 0 Å². The number of hydrogen-bond acceptors (Lipinski definition) is 1. The van der Waals surface area contributed by atoms with Crippen molar-refractivity contribution in [1.29, 1.82) is 0 Å². The number of benzene rings is 1. The summed E-state index contributed by atoms with van der Waals surface area (Å²) in [5.41, 5.74) is -0.926. The fraction of sp³-hybridized carbons (Fsp3) is 0.300. The van der Waals surface area contributed by atoms with Crippen LogP contribution < -0.4 is 0 Å². The second-order valence-corrected chi connectivity index (χ2v) is 3.34. The van der Waals surface area contributed by atoms with Crippen molar-refractivity contribution in [3.8, 4) is 0 Å². The molecule has 0 saturated heterocycles. The molecule has 0 amide bonds. The van der Waals surface area contributed by atoms with Crippen LogP contribution in [0.3, 0.4) is 0 Å². The smallest absolute Gasteiger partial charge is 0.374 e. The van der Waals surface area contributed by atoms with Crippen LogP contribution in [0.25, 0.3) is 0 Å². The summed E-state index contributed by atoms with van der Waals surface area (Å²) in [6.07, 6.45) is -1.50. The van der Waals surface area contributed by atoms with Gasteiger partial charge >= 0.3 is 11.9 Å². The molecule has 0 fully saturated rings. The molecule has 6 heteroatoms. The summed E-state index contributed by atoms with van der Waals surface area (Å²) in [5, 5.41) is 8.16. The van der Waals surface area contributed by atoms with Gasteiger partial charge in [0.25, 0.3) is 0 Å². The molecule has 0 bridgehead atoms. The maximum absolute atomic E-state index is 13.3. The average molecular weight is 236 g/mol. The van der Waals surface area contributed by atoms with Crippen LogP contribution >= 0.6 is 0 Å². The molecule has 1 aromatic rings. The van der Waals surface area contributed by atoms with E-state index >= 15 is 0 Å². The van der Waals surface area contributed by atoms with Crippen LogP contribution in [0.1, 0.15) is 11.1 Å². The van der Waals surface area contributed by atoms with Gasteiger partial charge in [-0.25, -0.2) is 13.6 Å². The maximum atomic E-state index is 13.3. The third kappa shape index (κ3) is 2.32. The molecule has 16 heavy (non-hydrogen) atoms. The van der Waals surface area contributed by atoms with Crippen LogP contribution in [0, 0.1) is 18.6 Å². The second-order valence-electron chi connectivity index (χ2n) is 3.34. The van der Waals surface area contributed by atoms with E-state index in [1.54, 1.807) is 0 Å². The van der Waals surface area contributed by atoms with Gasteiger partial charge in [-0.3, -0.25) is 0 Å². The van der Waals surface area contributed by atoms with Gasteiger partial charge in [0.1, 0.15) is 11.6 Å². The topological polar surface area (TPSA) is 37.3 Å². The maximum Gasteiger partial charge on any atom is 0.374 e. The zero-order valence-corrected chi connectivity index (χ0v) is 8.23. The minimum Gasteiger partial charge on any atom is -0.477 e. The summed E-state index contributed by atoms with van der Waals surface area (Å²) in [7, 11) is 0. The Bertz CT molecular complexity index is 429. The highest BCUT2D eigenvalue weighted by Gasteiger charge is 2.40. The first-order valence-corrected chi connectivity index (χ1v) is 4.30. The van der Waals surface area contributed by atoms with Gasteiger partial charge in [-0.2, -0.15) is 8.78 Å². The number of alkyl halides is 2. The van der Waals surface area contributed by atoms with Gasteiger partial charge in [0.2, 0.25) is 0 Å². The zero-order chi connectivity index (χ0) is 12.5. The number of rotatable bonds is 3. The Hall–Kier alpha value is -1.59. The van der Waals surface area contributed by atoms with Crippen LogP contribution in [-0.2, 0) is 11.2 Å². The highest BCUT2D eigenvalue weighted by molar-refractivity contribution is 5.75. The molecular formula is C10H8F4O2. The standard InChI is InChI=1S/C10H8F4O2/c1-5-2-3-7(11)6(8(5)12)4-10(13,14)9(15)16/h2-3H,4H2,1H3,(H,15,16). The lowest BCUT2D eigenvalue weighted by atomic mass is 10.0. The molecule has 2 nitrogen and oxygen atoms in total.